The molecule has 0 saturated carbocycles. The van der Waals surface area contributed by atoms with Crippen molar-refractivity contribution in [1.29, 1.82) is 0 Å². The molecule has 218 valence electrons. The van der Waals surface area contributed by atoms with Gasteiger partial charge in [-0.2, -0.15) is 0 Å². The molecule has 47 heavy (non-hydrogen) atoms. The lowest BCUT2D eigenvalue weighted by molar-refractivity contribution is 0.477. The molecule has 4 nitrogen and oxygen atoms in total. The van der Waals surface area contributed by atoms with Crippen molar-refractivity contribution < 1.29 is 4.74 Å². The number of para-hydroxylation sites is 7. The predicted molar refractivity (Wildman–Crippen MR) is 195 cm³/mol. The maximum atomic E-state index is 6.38. The lowest BCUT2D eigenvalue weighted by Gasteiger charge is -2.41. The molecule has 0 atom stereocenters. The molecule has 8 aromatic rings. The molecule has 3 aliphatic heterocycles. The maximum Gasteiger partial charge on any atom is 0.252 e. The first-order valence-corrected chi connectivity index (χ1v) is 16.2. The molecule has 0 amide bonds. The number of nitrogens with zero attached hydrogens (tertiary/aromatic N) is 3. The van der Waals surface area contributed by atoms with E-state index in [2.05, 4.69) is 160 Å². The zero-order valence-electron chi connectivity index (χ0n) is 25.3. The summed E-state index contributed by atoms with van der Waals surface area (Å²) in [5.41, 5.74) is 14.5. The van der Waals surface area contributed by atoms with Gasteiger partial charge in [-0.1, -0.05) is 84.9 Å². The molecule has 4 heterocycles. The van der Waals surface area contributed by atoms with Gasteiger partial charge in [0.2, 0.25) is 0 Å². The predicted octanol–water partition coefficient (Wildman–Crippen LogP) is 8.97. The van der Waals surface area contributed by atoms with Crippen LogP contribution in [0.2, 0.25) is 0 Å². The van der Waals surface area contributed by atoms with Crippen molar-refractivity contribution in [2.45, 2.75) is 0 Å². The molecule has 7 aromatic carbocycles. The molecule has 11 rings (SSSR count). The Bertz CT molecular complexity index is 2550. The summed E-state index contributed by atoms with van der Waals surface area (Å²) in [4.78, 5) is 4.80. The van der Waals surface area contributed by atoms with Gasteiger partial charge >= 0.3 is 0 Å². The van der Waals surface area contributed by atoms with Crippen molar-refractivity contribution in [3.8, 4) is 17.2 Å². The summed E-state index contributed by atoms with van der Waals surface area (Å²) in [5.74, 6) is 1.71. The normalized spacial score (nSPS) is 13.6. The molecule has 0 radical (unpaired) electrons. The average Bonchev–Trinajstić information content (AvgIpc) is 3.48. The molecular formula is C42H26BN3O. The maximum absolute atomic E-state index is 6.38. The summed E-state index contributed by atoms with van der Waals surface area (Å²) in [5, 5.41) is 2.59. The zero-order valence-corrected chi connectivity index (χ0v) is 25.3. The topological polar surface area (TPSA) is 20.6 Å². The quantitative estimate of drug-likeness (QED) is 0.185. The van der Waals surface area contributed by atoms with Gasteiger partial charge in [-0.3, -0.25) is 0 Å². The van der Waals surface area contributed by atoms with Crippen LogP contribution in [-0.4, -0.2) is 11.3 Å². The van der Waals surface area contributed by atoms with E-state index >= 15 is 0 Å². The van der Waals surface area contributed by atoms with E-state index in [1.165, 1.54) is 55.3 Å². The number of anilines is 6. The molecule has 0 bridgehead atoms. The Kier molecular flexibility index (Phi) is 4.89. The number of benzene rings is 7. The van der Waals surface area contributed by atoms with Crippen LogP contribution in [0, 0.1) is 0 Å². The number of ether oxygens (including phenoxy) is 1. The van der Waals surface area contributed by atoms with Crippen molar-refractivity contribution >= 4 is 79.0 Å². The second-order valence-corrected chi connectivity index (χ2v) is 12.5. The Morgan fingerprint density at radius 1 is 0.426 bits per heavy atom. The number of hydrogen-bond donors (Lipinski definition) is 0. The molecule has 0 aliphatic carbocycles. The van der Waals surface area contributed by atoms with Gasteiger partial charge < -0.3 is 19.1 Å². The third-order valence-electron chi connectivity index (χ3n) is 10.1. The fourth-order valence-electron chi connectivity index (χ4n) is 8.32. The SMILES string of the molecule is c1ccc(N2c3ccc(N4c5ccccc5Oc5ccccc54)cc3B3c4c2cccc4-n2c4ccccc4c4cccc3c42)cc1. The van der Waals surface area contributed by atoms with E-state index in [-0.39, 0.29) is 6.71 Å². The van der Waals surface area contributed by atoms with Crippen LogP contribution >= 0.6 is 0 Å². The highest BCUT2D eigenvalue weighted by Gasteiger charge is 2.42. The average molecular weight is 600 g/mol. The van der Waals surface area contributed by atoms with Crippen LogP contribution in [0.5, 0.6) is 11.5 Å². The van der Waals surface area contributed by atoms with Gasteiger partial charge in [-0.05, 0) is 89.2 Å². The number of hydrogen-bond acceptors (Lipinski definition) is 3. The van der Waals surface area contributed by atoms with Gasteiger partial charge in [-0.25, -0.2) is 0 Å². The lowest BCUT2D eigenvalue weighted by Crippen LogP contribution is -2.60. The van der Waals surface area contributed by atoms with Gasteiger partial charge in [0.05, 0.1) is 16.9 Å². The van der Waals surface area contributed by atoms with Crippen molar-refractivity contribution in [1.82, 2.24) is 4.57 Å². The van der Waals surface area contributed by atoms with E-state index in [4.69, 9.17) is 4.74 Å². The third-order valence-corrected chi connectivity index (χ3v) is 10.1. The van der Waals surface area contributed by atoms with Gasteiger partial charge in [-0.15, -0.1) is 0 Å². The minimum absolute atomic E-state index is 0.0585. The smallest absolute Gasteiger partial charge is 0.252 e. The van der Waals surface area contributed by atoms with E-state index in [9.17, 15) is 0 Å². The molecule has 5 heteroatoms. The van der Waals surface area contributed by atoms with E-state index in [0.717, 1.165) is 34.2 Å². The van der Waals surface area contributed by atoms with Crippen molar-refractivity contribution in [3.63, 3.8) is 0 Å². The van der Waals surface area contributed by atoms with Crippen LogP contribution < -0.4 is 30.9 Å². The number of aromatic nitrogens is 1. The summed E-state index contributed by atoms with van der Waals surface area (Å²) < 4.78 is 8.89. The molecule has 0 spiro atoms. The molecular weight excluding hydrogens is 573 g/mol. The second kappa shape index (κ2) is 9.18. The van der Waals surface area contributed by atoms with Crippen molar-refractivity contribution in [2.24, 2.45) is 0 Å². The largest absolute Gasteiger partial charge is 0.453 e. The molecule has 0 N–H and O–H groups in total. The standard InChI is InChI=1S/C42H26BN3O/c1-2-12-27(13-3-1)44-34-25-24-28(45-35-18-6-8-22-39(35)47-40-23-9-7-19-36(40)45)26-32(34)43-31-16-10-15-30-29-14-4-5-17-33(29)46(42(30)31)38-21-11-20-37(44)41(38)43/h1-26H. The van der Waals surface area contributed by atoms with Crippen molar-refractivity contribution in [3.05, 3.63) is 158 Å². The second-order valence-electron chi connectivity index (χ2n) is 12.5. The van der Waals surface area contributed by atoms with E-state index in [1.807, 2.05) is 12.1 Å². The van der Waals surface area contributed by atoms with E-state index in [0.29, 0.717) is 0 Å². The fraction of sp³-hybridized carbons (Fsp3) is 0. The fourth-order valence-corrected chi connectivity index (χ4v) is 8.32. The Labute approximate surface area is 272 Å². The molecule has 3 aliphatic rings. The van der Waals surface area contributed by atoms with E-state index < -0.39 is 0 Å². The Morgan fingerprint density at radius 2 is 1.06 bits per heavy atom. The first-order chi connectivity index (χ1) is 23.3. The Balaban J connectivity index is 1.24. The van der Waals surface area contributed by atoms with Crippen LogP contribution in [-0.2, 0) is 0 Å². The molecule has 0 unspecified atom stereocenters. The van der Waals surface area contributed by atoms with Crippen LogP contribution in [0.4, 0.5) is 34.1 Å². The van der Waals surface area contributed by atoms with Gasteiger partial charge in [0, 0.05) is 44.7 Å². The van der Waals surface area contributed by atoms with Crippen LogP contribution in [0.25, 0.3) is 27.5 Å². The monoisotopic (exact) mass is 599 g/mol. The highest BCUT2D eigenvalue weighted by Crippen LogP contribution is 2.51. The summed E-state index contributed by atoms with van der Waals surface area (Å²) in [7, 11) is 0. The summed E-state index contributed by atoms with van der Waals surface area (Å²) in [6, 6.07) is 56.9. The first kappa shape index (κ1) is 25.0. The Hall–Kier alpha value is -6.20. The number of rotatable bonds is 2. The van der Waals surface area contributed by atoms with Gasteiger partial charge in [0.25, 0.3) is 6.71 Å². The van der Waals surface area contributed by atoms with E-state index in [1.54, 1.807) is 0 Å². The summed E-state index contributed by atoms with van der Waals surface area (Å²) >= 11 is 0. The lowest BCUT2D eigenvalue weighted by atomic mass is 9.33. The van der Waals surface area contributed by atoms with Gasteiger partial charge in [0.1, 0.15) is 0 Å². The summed E-state index contributed by atoms with van der Waals surface area (Å²) in [6.45, 7) is 0.0585. The van der Waals surface area contributed by atoms with Crippen LogP contribution in [0.3, 0.4) is 0 Å². The molecule has 0 fully saturated rings. The third kappa shape index (κ3) is 3.27. The first-order valence-electron chi connectivity index (χ1n) is 16.2. The summed E-state index contributed by atoms with van der Waals surface area (Å²) in [6.07, 6.45) is 0. The minimum Gasteiger partial charge on any atom is -0.453 e. The zero-order chi connectivity index (χ0) is 30.6. The number of fused-ring (bicyclic) bond motifs is 9. The molecule has 1 aromatic heterocycles. The van der Waals surface area contributed by atoms with Gasteiger partial charge in [0.15, 0.2) is 11.5 Å². The molecule has 0 saturated heterocycles. The Morgan fingerprint density at radius 3 is 1.89 bits per heavy atom. The van der Waals surface area contributed by atoms with Crippen molar-refractivity contribution in [2.75, 3.05) is 9.80 Å². The van der Waals surface area contributed by atoms with Crippen LogP contribution in [0.15, 0.2) is 158 Å². The highest BCUT2D eigenvalue weighted by atomic mass is 16.5. The van der Waals surface area contributed by atoms with Crippen LogP contribution in [0.1, 0.15) is 0 Å². The minimum atomic E-state index is 0.0585. The highest BCUT2D eigenvalue weighted by molar-refractivity contribution is 7.00.